The van der Waals surface area contributed by atoms with E-state index in [4.69, 9.17) is 14.4 Å². The Morgan fingerprint density at radius 3 is 2.58 bits per heavy atom. The molecule has 5 heterocycles. The molecule has 0 fully saturated rings. The van der Waals surface area contributed by atoms with Gasteiger partial charge in [0.2, 0.25) is 0 Å². The van der Waals surface area contributed by atoms with E-state index in [0.29, 0.717) is 39.4 Å². The Bertz CT molecular complexity index is 1700. The molecule has 6 rings (SSSR count). The van der Waals surface area contributed by atoms with Gasteiger partial charge in [-0.1, -0.05) is 18.2 Å². The van der Waals surface area contributed by atoms with Crippen LogP contribution >= 0.6 is 0 Å². The van der Waals surface area contributed by atoms with E-state index >= 15 is 0 Å². The van der Waals surface area contributed by atoms with Gasteiger partial charge in [-0.15, -0.1) is 0 Å². The number of rotatable bonds is 3. The third kappa shape index (κ3) is 3.36. The molecule has 0 spiro atoms. The van der Waals surface area contributed by atoms with E-state index in [1.807, 2.05) is 55.5 Å². The average molecular weight is 431 g/mol. The van der Waals surface area contributed by atoms with Crippen LogP contribution in [-0.2, 0) is 0 Å². The molecule has 6 aromatic rings. The lowest BCUT2D eigenvalue weighted by Crippen LogP contribution is -2.11. The molecule has 0 saturated heterocycles. The molecule has 7 heteroatoms. The van der Waals surface area contributed by atoms with Crippen molar-refractivity contribution < 1.29 is 4.42 Å². The maximum Gasteiger partial charge on any atom is 0.257 e. The summed E-state index contributed by atoms with van der Waals surface area (Å²) in [5.74, 6) is 1.35. The van der Waals surface area contributed by atoms with Gasteiger partial charge < -0.3 is 9.40 Å². The molecule has 0 aliphatic rings. The number of aromatic amines is 1. The van der Waals surface area contributed by atoms with Crippen molar-refractivity contribution in [2.45, 2.75) is 6.92 Å². The molecule has 0 unspecified atom stereocenters. The molecule has 1 N–H and O–H groups in total. The van der Waals surface area contributed by atoms with Crippen LogP contribution in [0.2, 0.25) is 0 Å². The lowest BCUT2D eigenvalue weighted by atomic mass is 10.0. The Morgan fingerprint density at radius 2 is 1.76 bits per heavy atom. The standard InChI is InChI=1S/C26H17N5O2/c1-15-6-9-22(33-15)24-23(17-7-8-20-16(12-17)4-3-11-28-20)29-21-13-19(18-5-2-10-27-14-18)26(32)31-25(21)30-24/h2-14H,1H3,(H,30,31,32). The number of fused-ring (bicyclic) bond motifs is 2. The summed E-state index contributed by atoms with van der Waals surface area (Å²) in [7, 11) is 0. The Kier molecular flexibility index (Phi) is 4.33. The van der Waals surface area contributed by atoms with E-state index in [2.05, 4.69) is 15.0 Å². The van der Waals surface area contributed by atoms with Crippen LogP contribution in [0.4, 0.5) is 0 Å². The fourth-order valence-electron chi connectivity index (χ4n) is 3.91. The number of aryl methyl sites for hydroxylation is 1. The minimum Gasteiger partial charge on any atom is -0.460 e. The molecule has 0 radical (unpaired) electrons. The summed E-state index contributed by atoms with van der Waals surface area (Å²) in [5.41, 5.74) is 4.90. The van der Waals surface area contributed by atoms with Crippen LogP contribution in [0.1, 0.15) is 5.76 Å². The second kappa shape index (κ2) is 7.49. The van der Waals surface area contributed by atoms with Gasteiger partial charge >= 0.3 is 0 Å². The third-order valence-electron chi connectivity index (χ3n) is 5.50. The highest BCUT2D eigenvalue weighted by atomic mass is 16.3. The van der Waals surface area contributed by atoms with Gasteiger partial charge in [0.1, 0.15) is 22.7 Å². The largest absolute Gasteiger partial charge is 0.460 e. The molecular weight excluding hydrogens is 414 g/mol. The molecule has 33 heavy (non-hydrogen) atoms. The van der Waals surface area contributed by atoms with Crippen molar-refractivity contribution in [3.63, 3.8) is 0 Å². The Labute approximate surface area is 187 Å². The van der Waals surface area contributed by atoms with Gasteiger partial charge in [0, 0.05) is 35.1 Å². The minimum atomic E-state index is -0.254. The predicted octanol–water partition coefficient (Wildman–Crippen LogP) is 5.16. The number of pyridine rings is 3. The normalized spacial score (nSPS) is 11.3. The molecule has 158 valence electrons. The molecule has 5 aromatic heterocycles. The van der Waals surface area contributed by atoms with Gasteiger partial charge in [0.15, 0.2) is 11.4 Å². The van der Waals surface area contributed by atoms with Gasteiger partial charge in [-0.3, -0.25) is 14.8 Å². The molecule has 0 aliphatic heterocycles. The van der Waals surface area contributed by atoms with Crippen molar-refractivity contribution in [1.29, 1.82) is 0 Å². The van der Waals surface area contributed by atoms with E-state index in [1.165, 1.54) is 0 Å². The van der Waals surface area contributed by atoms with Gasteiger partial charge in [0.25, 0.3) is 5.56 Å². The summed E-state index contributed by atoms with van der Waals surface area (Å²) in [4.78, 5) is 33.9. The maximum atomic E-state index is 12.8. The topological polar surface area (TPSA) is 97.6 Å². The monoisotopic (exact) mass is 431 g/mol. The van der Waals surface area contributed by atoms with Crippen molar-refractivity contribution in [2.75, 3.05) is 0 Å². The Morgan fingerprint density at radius 1 is 0.848 bits per heavy atom. The molecule has 0 bridgehead atoms. The zero-order valence-corrected chi connectivity index (χ0v) is 17.6. The van der Waals surface area contributed by atoms with Crippen molar-refractivity contribution in [1.82, 2.24) is 24.9 Å². The second-order valence-electron chi connectivity index (χ2n) is 7.73. The number of furan rings is 1. The molecule has 0 saturated carbocycles. The highest BCUT2D eigenvalue weighted by molar-refractivity contribution is 5.89. The number of H-pyrrole nitrogens is 1. The van der Waals surface area contributed by atoms with Crippen molar-refractivity contribution in [2.24, 2.45) is 0 Å². The number of nitrogens with one attached hydrogen (secondary N) is 1. The molecular formula is C26H17N5O2. The van der Waals surface area contributed by atoms with Crippen LogP contribution in [0.3, 0.4) is 0 Å². The zero-order chi connectivity index (χ0) is 22.4. The quantitative estimate of drug-likeness (QED) is 0.415. The van der Waals surface area contributed by atoms with Crippen LogP contribution in [0.25, 0.3) is 55.9 Å². The lowest BCUT2D eigenvalue weighted by Gasteiger charge is -2.10. The fourth-order valence-corrected chi connectivity index (χ4v) is 3.91. The summed E-state index contributed by atoms with van der Waals surface area (Å²) in [6, 6.07) is 19.0. The van der Waals surface area contributed by atoms with Crippen LogP contribution in [0, 0.1) is 6.92 Å². The van der Waals surface area contributed by atoms with Crippen LogP contribution in [0.5, 0.6) is 0 Å². The number of aromatic nitrogens is 5. The predicted molar refractivity (Wildman–Crippen MR) is 127 cm³/mol. The molecule has 7 nitrogen and oxygen atoms in total. The number of nitrogens with zero attached hydrogens (tertiary/aromatic N) is 4. The zero-order valence-electron chi connectivity index (χ0n) is 17.6. The first kappa shape index (κ1) is 19.1. The lowest BCUT2D eigenvalue weighted by molar-refractivity contribution is 0.546. The van der Waals surface area contributed by atoms with Crippen molar-refractivity contribution in [3.05, 3.63) is 95.4 Å². The Hall–Kier alpha value is -4.65. The minimum absolute atomic E-state index is 0.254. The number of hydrogen-bond acceptors (Lipinski definition) is 6. The van der Waals surface area contributed by atoms with E-state index in [1.54, 1.807) is 30.7 Å². The van der Waals surface area contributed by atoms with Gasteiger partial charge in [-0.25, -0.2) is 9.97 Å². The van der Waals surface area contributed by atoms with Crippen molar-refractivity contribution >= 4 is 22.1 Å². The summed E-state index contributed by atoms with van der Waals surface area (Å²) in [5, 5.41) is 0.996. The van der Waals surface area contributed by atoms with Crippen LogP contribution in [0.15, 0.2) is 88.5 Å². The van der Waals surface area contributed by atoms with E-state index < -0.39 is 0 Å². The van der Waals surface area contributed by atoms with E-state index in [9.17, 15) is 4.79 Å². The summed E-state index contributed by atoms with van der Waals surface area (Å²) < 4.78 is 5.88. The third-order valence-corrected chi connectivity index (χ3v) is 5.50. The summed E-state index contributed by atoms with van der Waals surface area (Å²) >= 11 is 0. The Balaban J connectivity index is 1.63. The molecule has 1 aromatic carbocycles. The fraction of sp³-hybridized carbons (Fsp3) is 0.0385. The number of benzene rings is 1. The molecule has 0 amide bonds. The van der Waals surface area contributed by atoms with E-state index in [-0.39, 0.29) is 5.56 Å². The van der Waals surface area contributed by atoms with Gasteiger partial charge in [-0.05, 0) is 49.4 Å². The first-order chi connectivity index (χ1) is 16.2. The van der Waals surface area contributed by atoms with Gasteiger partial charge in [-0.2, -0.15) is 0 Å². The summed E-state index contributed by atoms with van der Waals surface area (Å²) in [6.45, 7) is 1.88. The first-order valence-corrected chi connectivity index (χ1v) is 10.4. The van der Waals surface area contributed by atoms with E-state index in [0.717, 1.165) is 22.2 Å². The van der Waals surface area contributed by atoms with Gasteiger partial charge in [0.05, 0.1) is 11.1 Å². The summed E-state index contributed by atoms with van der Waals surface area (Å²) in [6.07, 6.45) is 5.09. The smallest absolute Gasteiger partial charge is 0.257 e. The molecule has 0 aliphatic carbocycles. The highest BCUT2D eigenvalue weighted by Crippen LogP contribution is 2.33. The second-order valence-corrected chi connectivity index (χ2v) is 7.73. The average Bonchev–Trinajstić information content (AvgIpc) is 3.29. The number of hydrogen-bond donors (Lipinski definition) is 1. The van der Waals surface area contributed by atoms with Crippen LogP contribution < -0.4 is 5.56 Å². The van der Waals surface area contributed by atoms with Crippen molar-refractivity contribution in [3.8, 4) is 33.8 Å². The first-order valence-electron chi connectivity index (χ1n) is 10.4. The maximum absolute atomic E-state index is 12.8. The van der Waals surface area contributed by atoms with Crippen LogP contribution in [-0.4, -0.2) is 24.9 Å². The molecule has 0 atom stereocenters. The highest BCUT2D eigenvalue weighted by Gasteiger charge is 2.18. The SMILES string of the molecule is Cc1ccc(-c2nc3[nH]c(=O)c(-c4cccnc4)cc3nc2-c2ccc3ncccc3c2)o1.